The van der Waals surface area contributed by atoms with Crippen LogP contribution in [0.5, 0.6) is 0 Å². The predicted octanol–water partition coefficient (Wildman–Crippen LogP) is 2.42. The van der Waals surface area contributed by atoms with Gasteiger partial charge in [0.05, 0.1) is 11.5 Å². The average molecular weight is 480 g/mol. The van der Waals surface area contributed by atoms with Crippen molar-refractivity contribution in [3.8, 4) is 0 Å². The second kappa shape index (κ2) is 12.5. The number of nitrogens with zero attached hydrogens (tertiary/aromatic N) is 2. The van der Waals surface area contributed by atoms with Gasteiger partial charge in [0.1, 0.15) is 0 Å². The van der Waals surface area contributed by atoms with Gasteiger partial charge >= 0.3 is 0 Å². The fraction of sp³-hybridized carbons (Fsp3) is 0.647. The molecule has 1 aromatic rings. The molecule has 142 valence electrons. The molecular formula is C17H29IN4O2S. The smallest absolute Gasteiger partial charge is 0.261 e. The van der Waals surface area contributed by atoms with Gasteiger partial charge in [-0.3, -0.25) is 9.79 Å². The standard InChI is InChI=1S/C17H28N4O2S.HI/c1-18-17(21(2)10-11-23-13-14-6-7-14)20-9-4-8-19-16(22)15-5-3-12-24-15;/h3,5,12,14H,4,6-11,13H2,1-2H3,(H,18,20)(H,19,22);1H. The lowest BCUT2D eigenvalue weighted by Gasteiger charge is -2.22. The monoisotopic (exact) mass is 480 g/mol. The van der Waals surface area contributed by atoms with Gasteiger partial charge in [-0.05, 0) is 36.6 Å². The third kappa shape index (κ3) is 8.87. The van der Waals surface area contributed by atoms with Crippen LogP contribution in [-0.2, 0) is 4.74 Å². The van der Waals surface area contributed by atoms with E-state index in [1.54, 1.807) is 7.05 Å². The number of ether oxygens (including phenoxy) is 1. The molecule has 1 aliphatic rings. The summed E-state index contributed by atoms with van der Waals surface area (Å²) < 4.78 is 5.66. The van der Waals surface area contributed by atoms with Crippen LogP contribution in [0, 0.1) is 5.92 Å². The number of halogens is 1. The van der Waals surface area contributed by atoms with Crippen molar-refractivity contribution >= 4 is 47.2 Å². The molecule has 1 fully saturated rings. The zero-order valence-corrected chi connectivity index (χ0v) is 18.1. The Labute approximate surface area is 171 Å². The molecule has 0 aliphatic heterocycles. The Morgan fingerprint density at radius 2 is 2.16 bits per heavy atom. The summed E-state index contributed by atoms with van der Waals surface area (Å²) in [6.45, 7) is 3.86. The maximum atomic E-state index is 11.8. The summed E-state index contributed by atoms with van der Waals surface area (Å²) in [5.74, 6) is 1.66. The first-order valence-corrected chi connectivity index (χ1v) is 9.40. The quantitative estimate of drug-likeness (QED) is 0.234. The molecule has 6 nitrogen and oxygen atoms in total. The van der Waals surface area contributed by atoms with Gasteiger partial charge in [0.2, 0.25) is 0 Å². The van der Waals surface area contributed by atoms with E-state index in [1.165, 1.54) is 24.2 Å². The minimum absolute atomic E-state index is 0. The highest BCUT2D eigenvalue weighted by molar-refractivity contribution is 14.0. The van der Waals surface area contributed by atoms with Crippen LogP contribution in [-0.4, -0.2) is 63.7 Å². The fourth-order valence-electron chi connectivity index (χ4n) is 2.21. The normalized spacial score (nSPS) is 13.9. The molecule has 1 saturated carbocycles. The number of hydrogen-bond acceptors (Lipinski definition) is 4. The maximum absolute atomic E-state index is 11.8. The summed E-state index contributed by atoms with van der Waals surface area (Å²) in [4.78, 5) is 18.9. The van der Waals surface area contributed by atoms with Crippen LogP contribution in [0.2, 0.25) is 0 Å². The number of aliphatic imine (C=N–C) groups is 1. The molecule has 0 radical (unpaired) electrons. The molecule has 1 amide bonds. The van der Waals surface area contributed by atoms with E-state index in [1.807, 2.05) is 24.6 Å². The highest BCUT2D eigenvalue weighted by Gasteiger charge is 2.21. The van der Waals surface area contributed by atoms with Gasteiger partial charge in [0.15, 0.2) is 5.96 Å². The molecule has 0 aromatic carbocycles. The lowest BCUT2D eigenvalue weighted by atomic mass is 10.4. The summed E-state index contributed by atoms with van der Waals surface area (Å²) in [5, 5.41) is 8.14. The van der Waals surface area contributed by atoms with Crippen molar-refractivity contribution in [3.05, 3.63) is 22.4 Å². The van der Waals surface area contributed by atoms with Crippen LogP contribution in [0.15, 0.2) is 22.5 Å². The van der Waals surface area contributed by atoms with Gasteiger partial charge in [0.25, 0.3) is 5.91 Å². The molecule has 1 aromatic heterocycles. The third-order valence-corrected chi connectivity index (χ3v) is 4.73. The number of carbonyl (C=O) groups excluding carboxylic acids is 1. The van der Waals surface area contributed by atoms with E-state index in [-0.39, 0.29) is 29.9 Å². The van der Waals surface area contributed by atoms with E-state index in [2.05, 4.69) is 20.5 Å². The van der Waals surface area contributed by atoms with Crippen LogP contribution in [0.1, 0.15) is 28.9 Å². The Morgan fingerprint density at radius 3 is 2.80 bits per heavy atom. The molecule has 25 heavy (non-hydrogen) atoms. The molecule has 0 spiro atoms. The second-order valence-corrected chi connectivity index (χ2v) is 6.95. The lowest BCUT2D eigenvalue weighted by molar-refractivity contribution is 0.0957. The molecule has 0 atom stereocenters. The number of amides is 1. The van der Waals surface area contributed by atoms with Crippen molar-refractivity contribution in [2.75, 3.05) is 46.9 Å². The first kappa shape index (κ1) is 22.2. The summed E-state index contributed by atoms with van der Waals surface area (Å²) in [6.07, 6.45) is 3.49. The second-order valence-electron chi connectivity index (χ2n) is 6.00. The number of hydrogen-bond donors (Lipinski definition) is 2. The predicted molar refractivity (Wildman–Crippen MR) is 114 cm³/mol. The summed E-state index contributed by atoms with van der Waals surface area (Å²) in [5.41, 5.74) is 0. The Kier molecular flexibility index (Phi) is 11.1. The topological polar surface area (TPSA) is 66.0 Å². The van der Waals surface area contributed by atoms with Crippen LogP contribution in [0.4, 0.5) is 0 Å². The number of rotatable bonds is 10. The van der Waals surface area contributed by atoms with Gasteiger partial charge in [-0.2, -0.15) is 0 Å². The van der Waals surface area contributed by atoms with Gasteiger partial charge in [-0.1, -0.05) is 6.07 Å². The minimum atomic E-state index is -0.000637. The Hall–Kier alpha value is -0.870. The summed E-state index contributed by atoms with van der Waals surface area (Å²) in [7, 11) is 3.79. The first-order chi connectivity index (χ1) is 11.7. The SMILES string of the molecule is CN=C(NCCCNC(=O)c1cccs1)N(C)CCOCC1CC1.I. The number of guanidine groups is 1. The van der Waals surface area contributed by atoms with Gasteiger partial charge < -0.3 is 20.3 Å². The molecule has 2 N–H and O–H groups in total. The molecule has 0 saturated heterocycles. The van der Waals surface area contributed by atoms with Crippen molar-refractivity contribution in [3.63, 3.8) is 0 Å². The number of nitrogens with one attached hydrogen (secondary N) is 2. The molecule has 1 heterocycles. The minimum Gasteiger partial charge on any atom is -0.379 e. The lowest BCUT2D eigenvalue weighted by Crippen LogP contribution is -2.41. The van der Waals surface area contributed by atoms with Crippen LogP contribution in [0.3, 0.4) is 0 Å². The number of likely N-dealkylation sites (N-methyl/N-ethyl adjacent to an activating group) is 1. The van der Waals surface area contributed by atoms with Gasteiger partial charge in [-0.25, -0.2) is 0 Å². The zero-order valence-electron chi connectivity index (χ0n) is 15.0. The third-order valence-electron chi connectivity index (χ3n) is 3.86. The van der Waals surface area contributed by atoms with Crippen molar-refractivity contribution < 1.29 is 9.53 Å². The molecule has 0 bridgehead atoms. The molecule has 2 rings (SSSR count). The first-order valence-electron chi connectivity index (χ1n) is 8.52. The van der Waals surface area contributed by atoms with Crippen LogP contribution in [0.25, 0.3) is 0 Å². The largest absolute Gasteiger partial charge is 0.379 e. The molecule has 8 heteroatoms. The Morgan fingerprint density at radius 1 is 1.40 bits per heavy atom. The zero-order chi connectivity index (χ0) is 17.2. The number of carbonyl (C=O) groups is 1. The van der Waals surface area contributed by atoms with Crippen LogP contribution < -0.4 is 10.6 Å². The van der Waals surface area contributed by atoms with E-state index < -0.39 is 0 Å². The van der Waals surface area contributed by atoms with E-state index in [0.29, 0.717) is 6.54 Å². The summed E-state index contributed by atoms with van der Waals surface area (Å²) in [6, 6.07) is 3.72. The van der Waals surface area contributed by atoms with Gasteiger partial charge in [-0.15, -0.1) is 35.3 Å². The van der Waals surface area contributed by atoms with Crippen molar-refractivity contribution in [1.82, 2.24) is 15.5 Å². The summed E-state index contributed by atoms with van der Waals surface area (Å²) >= 11 is 1.46. The van der Waals surface area contributed by atoms with E-state index >= 15 is 0 Å². The van der Waals surface area contributed by atoms with E-state index in [0.717, 1.165) is 49.5 Å². The fourth-order valence-corrected chi connectivity index (χ4v) is 2.85. The Balaban J connectivity index is 0.00000312. The maximum Gasteiger partial charge on any atom is 0.261 e. The Bertz CT molecular complexity index is 521. The number of thiophene rings is 1. The van der Waals surface area contributed by atoms with Crippen LogP contribution >= 0.6 is 35.3 Å². The van der Waals surface area contributed by atoms with Crippen molar-refractivity contribution in [1.29, 1.82) is 0 Å². The van der Waals surface area contributed by atoms with E-state index in [9.17, 15) is 4.79 Å². The average Bonchev–Trinajstić information content (AvgIpc) is 3.24. The highest BCUT2D eigenvalue weighted by Crippen LogP contribution is 2.28. The van der Waals surface area contributed by atoms with E-state index in [4.69, 9.17) is 4.74 Å². The molecular weight excluding hydrogens is 451 g/mol. The van der Waals surface area contributed by atoms with Gasteiger partial charge in [0, 0.05) is 40.3 Å². The molecule has 1 aliphatic carbocycles. The molecule has 0 unspecified atom stereocenters. The highest BCUT2D eigenvalue weighted by atomic mass is 127. The van der Waals surface area contributed by atoms with Crippen molar-refractivity contribution in [2.24, 2.45) is 10.9 Å². The van der Waals surface area contributed by atoms with Crippen molar-refractivity contribution in [2.45, 2.75) is 19.3 Å².